The van der Waals surface area contributed by atoms with Gasteiger partial charge in [0, 0.05) is 41.5 Å². The van der Waals surface area contributed by atoms with Crippen LogP contribution in [0, 0.1) is 20.8 Å². The van der Waals surface area contributed by atoms with Crippen LogP contribution in [0.3, 0.4) is 0 Å². The van der Waals surface area contributed by atoms with Crippen LogP contribution in [-0.2, 0) is 13.0 Å². The molecule has 0 fully saturated rings. The minimum Gasteiger partial charge on any atom is -0.392 e. The van der Waals surface area contributed by atoms with Crippen molar-refractivity contribution in [1.29, 1.82) is 0 Å². The molecule has 0 radical (unpaired) electrons. The van der Waals surface area contributed by atoms with Crippen molar-refractivity contribution in [3.63, 3.8) is 0 Å². The number of aryl methyl sites for hydroxylation is 2. The van der Waals surface area contributed by atoms with Crippen LogP contribution in [0.1, 0.15) is 57.8 Å². The van der Waals surface area contributed by atoms with Crippen molar-refractivity contribution in [2.75, 3.05) is 7.05 Å². The van der Waals surface area contributed by atoms with Gasteiger partial charge < -0.3 is 9.67 Å². The second kappa shape index (κ2) is 10.7. The summed E-state index contributed by atoms with van der Waals surface area (Å²) in [4.78, 5) is 16.1. The summed E-state index contributed by atoms with van der Waals surface area (Å²) in [5, 5.41) is 8.66. The molecule has 1 N–H and O–H groups in total. The van der Waals surface area contributed by atoms with Gasteiger partial charge in [0.1, 0.15) is 0 Å². The summed E-state index contributed by atoms with van der Waals surface area (Å²) in [7, 11) is 1.73. The second-order valence-electron chi connectivity index (χ2n) is 7.41. The lowest BCUT2D eigenvalue weighted by Gasteiger charge is -2.11. The van der Waals surface area contributed by atoms with Crippen molar-refractivity contribution < 1.29 is 9.90 Å². The minimum atomic E-state index is 0.0795. The number of aliphatic hydroxyl groups excluding tert-OH is 1. The molecule has 1 heterocycles. The van der Waals surface area contributed by atoms with Crippen molar-refractivity contribution in [1.82, 2.24) is 4.57 Å². The van der Waals surface area contributed by atoms with Gasteiger partial charge in [-0.25, -0.2) is 0 Å². The number of benzene rings is 2. The first-order valence-corrected chi connectivity index (χ1v) is 10.2. The maximum Gasteiger partial charge on any atom is 0.162 e. The van der Waals surface area contributed by atoms with Crippen LogP contribution >= 0.6 is 0 Å². The molecule has 0 spiro atoms. The maximum absolute atomic E-state index is 12.0. The Morgan fingerprint density at radius 3 is 2.23 bits per heavy atom. The molecule has 0 aliphatic heterocycles. The van der Waals surface area contributed by atoms with Gasteiger partial charge in [0.2, 0.25) is 0 Å². The zero-order valence-corrected chi connectivity index (χ0v) is 18.9. The number of aliphatic imine (C=N–C) groups is 1. The van der Waals surface area contributed by atoms with Crippen LogP contribution in [0.5, 0.6) is 0 Å². The number of Topliss-reactive ketones (excluding diaryl/α,β-unsaturated/α-hetero) is 1. The molecule has 0 saturated heterocycles. The fraction of sp³-hybridized carbons (Fsp3) is 0.308. The molecule has 2 aromatic carbocycles. The monoisotopic (exact) mass is 404 g/mol. The standard InChI is InChI=1S/C18H22N2O.C8H10O/c1-6-15-8-7-9-16(10-15)20-12(2)17(11-19-5)18(13(20)3)14(4)21;1-7-3-2-4-8(5-7)6-9/h7-11H,6H2,1-5H3;2-5,9H,6H2,1H3. The smallest absolute Gasteiger partial charge is 0.162 e. The molecule has 1 aromatic heterocycles. The van der Waals surface area contributed by atoms with E-state index in [0.29, 0.717) is 0 Å². The number of hydrogen-bond donors (Lipinski definition) is 1. The van der Waals surface area contributed by atoms with E-state index in [-0.39, 0.29) is 12.4 Å². The molecule has 4 heteroatoms. The second-order valence-corrected chi connectivity index (χ2v) is 7.41. The first kappa shape index (κ1) is 23.3. The van der Waals surface area contributed by atoms with Gasteiger partial charge in [0.05, 0.1) is 6.61 Å². The van der Waals surface area contributed by atoms with Gasteiger partial charge in [-0.2, -0.15) is 0 Å². The summed E-state index contributed by atoms with van der Waals surface area (Å²) in [5.41, 5.74) is 8.28. The summed E-state index contributed by atoms with van der Waals surface area (Å²) in [6.45, 7) is 9.94. The van der Waals surface area contributed by atoms with Crippen LogP contribution in [0.4, 0.5) is 0 Å². The Bertz CT molecular complexity index is 1050. The van der Waals surface area contributed by atoms with Crippen LogP contribution < -0.4 is 0 Å². The lowest BCUT2D eigenvalue weighted by atomic mass is 10.1. The van der Waals surface area contributed by atoms with Crippen molar-refractivity contribution in [3.05, 3.63) is 87.7 Å². The Balaban J connectivity index is 0.000000297. The molecule has 158 valence electrons. The van der Waals surface area contributed by atoms with E-state index in [1.54, 1.807) is 20.2 Å². The highest BCUT2D eigenvalue weighted by Crippen LogP contribution is 2.26. The van der Waals surface area contributed by atoms with Crippen molar-refractivity contribution in [2.24, 2.45) is 4.99 Å². The minimum absolute atomic E-state index is 0.0795. The third kappa shape index (κ3) is 5.33. The number of carbonyl (C=O) groups excluding carboxylic acids is 1. The highest BCUT2D eigenvalue weighted by atomic mass is 16.3. The van der Waals surface area contributed by atoms with E-state index >= 15 is 0 Å². The van der Waals surface area contributed by atoms with E-state index in [1.807, 2.05) is 45.0 Å². The predicted octanol–water partition coefficient (Wildman–Crippen LogP) is 5.40. The van der Waals surface area contributed by atoms with E-state index < -0.39 is 0 Å². The fourth-order valence-electron chi connectivity index (χ4n) is 3.70. The van der Waals surface area contributed by atoms with E-state index in [0.717, 1.165) is 40.2 Å². The first-order valence-electron chi connectivity index (χ1n) is 10.2. The van der Waals surface area contributed by atoms with Gasteiger partial charge in [-0.1, -0.05) is 48.9 Å². The molecule has 0 saturated carbocycles. The molecule has 4 nitrogen and oxygen atoms in total. The van der Waals surface area contributed by atoms with Crippen molar-refractivity contribution >= 4 is 12.0 Å². The van der Waals surface area contributed by atoms with E-state index in [2.05, 4.69) is 40.7 Å². The topological polar surface area (TPSA) is 54.6 Å². The molecule has 0 amide bonds. The zero-order valence-electron chi connectivity index (χ0n) is 18.9. The van der Waals surface area contributed by atoms with E-state index in [4.69, 9.17) is 5.11 Å². The molecule has 30 heavy (non-hydrogen) atoms. The summed E-state index contributed by atoms with van der Waals surface area (Å²) >= 11 is 0. The maximum atomic E-state index is 12.0. The normalized spacial score (nSPS) is 10.8. The summed E-state index contributed by atoms with van der Waals surface area (Å²) in [5.74, 6) is 0.0795. The lowest BCUT2D eigenvalue weighted by Crippen LogP contribution is -2.01. The van der Waals surface area contributed by atoms with Gasteiger partial charge in [-0.3, -0.25) is 9.79 Å². The number of hydrogen-bond acceptors (Lipinski definition) is 3. The summed E-state index contributed by atoms with van der Waals surface area (Å²) in [6.07, 6.45) is 2.77. The van der Waals surface area contributed by atoms with Crippen LogP contribution in [0.15, 0.2) is 53.5 Å². The lowest BCUT2D eigenvalue weighted by molar-refractivity contribution is 0.101. The molecule has 0 bridgehead atoms. The Morgan fingerprint density at radius 1 is 1.03 bits per heavy atom. The Labute approximate surface area is 179 Å². The molecular weight excluding hydrogens is 372 g/mol. The van der Waals surface area contributed by atoms with Crippen molar-refractivity contribution in [3.8, 4) is 5.69 Å². The molecular formula is C26H32N2O2. The molecule has 0 aliphatic carbocycles. The van der Waals surface area contributed by atoms with E-state index in [9.17, 15) is 4.79 Å². The Morgan fingerprint density at radius 2 is 1.70 bits per heavy atom. The zero-order chi connectivity index (χ0) is 22.3. The van der Waals surface area contributed by atoms with Gasteiger partial charge in [0.15, 0.2) is 5.78 Å². The quantitative estimate of drug-likeness (QED) is 0.457. The van der Waals surface area contributed by atoms with Crippen molar-refractivity contribution in [2.45, 2.75) is 47.6 Å². The molecule has 0 unspecified atom stereocenters. The SMILES string of the molecule is CCc1cccc(-n2c(C)c(C=NC)c(C(C)=O)c2C)c1.Cc1cccc(CO)c1. The Hall–Kier alpha value is -2.98. The highest BCUT2D eigenvalue weighted by Gasteiger charge is 2.20. The number of ketones is 1. The number of nitrogens with zero attached hydrogens (tertiary/aromatic N) is 2. The molecule has 0 atom stereocenters. The molecule has 0 aliphatic rings. The van der Waals surface area contributed by atoms with Crippen LogP contribution in [-0.4, -0.2) is 28.7 Å². The third-order valence-corrected chi connectivity index (χ3v) is 5.14. The largest absolute Gasteiger partial charge is 0.392 e. The van der Waals surface area contributed by atoms with Gasteiger partial charge in [-0.15, -0.1) is 0 Å². The van der Waals surface area contributed by atoms with Gasteiger partial charge in [0.25, 0.3) is 0 Å². The third-order valence-electron chi connectivity index (χ3n) is 5.14. The van der Waals surface area contributed by atoms with E-state index in [1.165, 1.54) is 11.1 Å². The van der Waals surface area contributed by atoms with Gasteiger partial charge in [-0.05, 0) is 57.4 Å². The number of carbonyl (C=O) groups is 1. The van der Waals surface area contributed by atoms with Crippen LogP contribution in [0.2, 0.25) is 0 Å². The molecule has 3 aromatic rings. The number of aliphatic hydroxyl groups is 1. The van der Waals surface area contributed by atoms with Crippen LogP contribution in [0.25, 0.3) is 5.69 Å². The number of rotatable bonds is 5. The average molecular weight is 405 g/mol. The summed E-state index contributed by atoms with van der Waals surface area (Å²) in [6, 6.07) is 16.3. The highest BCUT2D eigenvalue weighted by molar-refractivity contribution is 6.04. The number of aromatic nitrogens is 1. The predicted molar refractivity (Wildman–Crippen MR) is 125 cm³/mol. The average Bonchev–Trinajstić information content (AvgIpc) is 2.98. The van der Waals surface area contributed by atoms with Gasteiger partial charge >= 0.3 is 0 Å². The summed E-state index contributed by atoms with van der Waals surface area (Å²) < 4.78 is 2.15. The first-order chi connectivity index (χ1) is 14.3. The fourth-order valence-corrected chi connectivity index (χ4v) is 3.70. The molecule has 3 rings (SSSR count). The Kier molecular flexibility index (Phi) is 8.31.